The monoisotopic (exact) mass is 284 g/mol. The highest BCUT2D eigenvalue weighted by atomic mass is 16.5. The van der Waals surface area contributed by atoms with Gasteiger partial charge in [-0.1, -0.05) is 18.2 Å². The van der Waals surface area contributed by atoms with Gasteiger partial charge in [-0.25, -0.2) is 0 Å². The van der Waals surface area contributed by atoms with Crippen molar-refractivity contribution in [1.29, 1.82) is 0 Å². The molecule has 2 rings (SSSR count). The molecule has 2 N–H and O–H groups in total. The van der Waals surface area contributed by atoms with Crippen LogP contribution in [0.3, 0.4) is 0 Å². The van der Waals surface area contributed by atoms with Crippen LogP contribution in [-0.2, 0) is 0 Å². The van der Waals surface area contributed by atoms with Gasteiger partial charge in [-0.3, -0.25) is 4.79 Å². The molecule has 1 atom stereocenters. The number of carbonyl (C=O) groups is 1. The van der Waals surface area contributed by atoms with E-state index in [9.17, 15) is 4.79 Å². The van der Waals surface area contributed by atoms with Crippen molar-refractivity contribution in [2.24, 2.45) is 0 Å². The van der Waals surface area contributed by atoms with Crippen LogP contribution in [0, 0.1) is 0 Å². The first kappa shape index (κ1) is 15.1. The Bertz CT molecular complexity index is 626. The lowest BCUT2D eigenvalue weighted by atomic mass is 10.1. The lowest BCUT2D eigenvalue weighted by Gasteiger charge is -2.13. The van der Waals surface area contributed by atoms with Crippen LogP contribution < -0.4 is 15.4 Å². The number of benzene rings is 2. The van der Waals surface area contributed by atoms with Gasteiger partial charge < -0.3 is 15.4 Å². The van der Waals surface area contributed by atoms with Gasteiger partial charge in [-0.05, 0) is 49.9 Å². The number of nitrogens with one attached hydrogen (secondary N) is 2. The molecule has 1 amide bonds. The summed E-state index contributed by atoms with van der Waals surface area (Å²) in [7, 11) is 3.49. The number of carbonyl (C=O) groups excluding carboxylic acids is 1. The van der Waals surface area contributed by atoms with E-state index in [1.807, 2.05) is 37.4 Å². The zero-order chi connectivity index (χ0) is 15.2. The van der Waals surface area contributed by atoms with Gasteiger partial charge in [-0.2, -0.15) is 0 Å². The zero-order valence-corrected chi connectivity index (χ0v) is 12.5. The Hall–Kier alpha value is -2.33. The second-order valence-electron chi connectivity index (χ2n) is 4.82. The minimum absolute atomic E-state index is 0.150. The molecular weight excluding hydrogens is 264 g/mol. The van der Waals surface area contributed by atoms with E-state index in [0.717, 1.165) is 11.3 Å². The Morgan fingerprint density at radius 1 is 1.14 bits per heavy atom. The third-order valence-electron chi connectivity index (χ3n) is 3.41. The summed E-state index contributed by atoms with van der Waals surface area (Å²) in [6, 6.07) is 15.1. The lowest BCUT2D eigenvalue weighted by molar-refractivity contribution is 0.102. The minimum atomic E-state index is -0.150. The summed E-state index contributed by atoms with van der Waals surface area (Å²) in [6.45, 7) is 2.07. The van der Waals surface area contributed by atoms with Crippen molar-refractivity contribution in [2.45, 2.75) is 13.0 Å². The normalized spacial score (nSPS) is 11.8. The summed E-state index contributed by atoms with van der Waals surface area (Å²) in [6.07, 6.45) is 0. The van der Waals surface area contributed by atoms with Crippen LogP contribution >= 0.6 is 0 Å². The van der Waals surface area contributed by atoms with E-state index in [2.05, 4.69) is 17.6 Å². The highest BCUT2D eigenvalue weighted by molar-refractivity contribution is 6.04. The SMILES string of the molecule is CNC(C)c1cccc(NC(=O)c2cccc(OC)c2)c1. The highest BCUT2D eigenvalue weighted by Gasteiger charge is 2.08. The van der Waals surface area contributed by atoms with Crippen molar-refractivity contribution in [3.05, 3.63) is 59.7 Å². The van der Waals surface area contributed by atoms with Crippen LogP contribution in [0.1, 0.15) is 28.9 Å². The molecule has 110 valence electrons. The summed E-state index contributed by atoms with van der Waals surface area (Å²) < 4.78 is 5.13. The smallest absolute Gasteiger partial charge is 0.255 e. The quantitative estimate of drug-likeness (QED) is 0.886. The predicted molar refractivity (Wildman–Crippen MR) is 84.9 cm³/mol. The molecule has 0 bridgehead atoms. The third-order valence-corrected chi connectivity index (χ3v) is 3.41. The number of rotatable bonds is 5. The van der Waals surface area contributed by atoms with E-state index in [-0.39, 0.29) is 11.9 Å². The number of methoxy groups -OCH3 is 1. The summed E-state index contributed by atoms with van der Waals surface area (Å²) in [5, 5.41) is 6.09. The molecule has 0 radical (unpaired) electrons. The molecule has 2 aromatic rings. The maximum atomic E-state index is 12.3. The van der Waals surface area contributed by atoms with Crippen molar-refractivity contribution >= 4 is 11.6 Å². The fourth-order valence-corrected chi connectivity index (χ4v) is 2.02. The van der Waals surface area contributed by atoms with Crippen molar-refractivity contribution in [3.63, 3.8) is 0 Å². The number of hydrogen-bond donors (Lipinski definition) is 2. The number of anilines is 1. The first-order chi connectivity index (χ1) is 10.1. The van der Waals surface area contributed by atoms with Gasteiger partial charge in [0.2, 0.25) is 0 Å². The van der Waals surface area contributed by atoms with Gasteiger partial charge >= 0.3 is 0 Å². The average molecular weight is 284 g/mol. The summed E-state index contributed by atoms with van der Waals surface area (Å²) in [4.78, 5) is 12.3. The van der Waals surface area contributed by atoms with Crippen LogP contribution in [0.25, 0.3) is 0 Å². The van der Waals surface area contributed by atoms with Gasteiger partial charge in [-0.15, -0.1) is 0 Å². The van der Waals surface area contributed by atoms with E-state index >= 15 is 0 Å². The average Bonchev–Trinajstić information content (AvgIpc) is 2.54. The van der Waals surface area contributed by atoms with E-state index < -0.39 is 0 Å². The molecule has 0 heterocycles. The molecule has 0 aliphatic heterocycles. The maximum absolute atomic E-state index is 12.3. The Morgan fingerprint density at radius 2 is 1.90 bits per heavy atom. The van der Waals surface area contributed by atoms with Crippen LogP contribution in [0.2, 0.25) is 0 Å². The van der Waals surface area contributed by atoms with Gasteiger partial charge in [0.1, 0.15) is 5.75 Å². The van der Waals surface area contributed by atoms with Gasteiger partial charge in [0.15, 0.2) is 0 Å². The van der Waals surface area contributed by atoms with Gasteiger partial charge in [0.05, 0.1) is 7.11 Å². The maximum Gasteiger partial charge on any atom is 0.255 e. The highest BCUT2D eigenvalue weighted by Crippen LogP contribution is 2.19. The molecule has 21 heavy (non-hydrogen) atoms. The lowest BCUT2D eigenvalue weighted by Crippen LogP contribution is -2.14. The molecule has 0 spiro atoms. The second kappa shape index (κ2) is 6.90. The second-order valence-corrected chi connectivity index (χ2v) is 4.82. The molecule has 0 saturated heterocycles. The summed E-state index contributed by atoms with van der Waals surface area (Å²) in [5.74, 6) is 0.517. The number of amides is 1. The number of hydrogen-bond acceptors (Lipinski definition) is 3. The molecular formula is C17H20N2O2. The molecule has 1 unspecified atom stereocenters. The molecule has 0 aliphatic carbocycles. The van der Waals surface area contributed by atoms with Crippen molar-refractivity contribution < 1.29 is 9.53 Å². The minimum Gasteiger partial charge on any atom is -0.497 e. The van der Waals surface area contributed by atoms with E-state index in [4.69, 9.17) is 4.74 Å². The molecule has 0 saturated carbocycles. The van der Waals surface area contributed by atoms with Gasteiger partial charge in [0, 0.05) is 17.3 Å². The Morgan fingerprint density at radius 3 is 2.62 bits per heavy atom. The standard InChI is InChI=1S/C17H20N2O2/c1-12(18-2)13-6-4-8-15(10-13)19-17(20)14-7-5-9-16(11-14)21-3/h4-12,18H,1-3H3,(H,19,20). The van der Waals surface area contributed by atoms with Crippen LogP contribution in [0.5, 0.6) is 5.75 Å². The molecule has 0 aromatic heterocycles. The van der Waals surface area contributed by atoms with Crippen molar-refractivity contribution in [1.82, 2.24) is 5.32 Å². The fraction of sp³-hybridized carbons (Fsp3) is 0.235. The molecule has 0 aliphatic rings. The number of ether oxygens (including phenoxy) is 1. The largest absolute Gasteiger partial charge is 0.497 e. The van der Waals surface area contributed by atoms with Crippen molar-refractivity contribution in [3.8, 4) is 5.75 Å². The van der Waals surface area contributed by atoms with Crippen LogP contribution in [0.4, 0.5) is 5.69 Å². The third kappa shape index (κ3) is 3.83. The summed E-state index contributed by atoms with van der Waals surface area (Å²) in [5.41, 5.74) is 2.48. The van der Waals surface area contributed by atoms with Crippen LogP contribution in [-0.4, -0.2) is 20.1 Å². The Labute approximate surface area is 125 Å². The van der Waals surface area contributed by atoms with Crippen molar-refractivity contribution in [2.75, 3.05) is 19.5 Å². The Kier molecular flexibility index (Phi) is 4.95. The predicted octanol–water partition coefficient (Wildman–Crippen LogP) is 3.23. The van der Waals surface area contributed by atoms with E-state index in [1.165, 1.54) is 0 Å². The molecule has 4 heteroatoms. The van der Waals surface area contributed by atoms with Crippen LogP contribution in [0.15, 0.2) is 48.5 Å². The fourth-order valence-electron chi connectivity index (χ4n) is 2.02. The van der Waals surface area contributed by atoms with E-state index in [0.29, 0.717) is 11.3 Å². The van der Waals surface area contributed by atoms with Gasteiger partial charge in [0.25, 0.3) is 5.91 Å². The summed E-state index contributed by atoms with van der Waals surface area (Å²) >= 11 is 0. The first-order valence-corrected chi connectivity index (χ1v) is 6.86. The first-order valence-electron chi connectivity index (χ1n) is 6.86. The molecule has 4 nitrogen and oxygen atoms in total. The Balaban J connectivity index is 2.15. The zero-order valence-electron chi connectivity index (χ0n) is 12.5. The van der Waals surface area contributed by atoms with E-state index in [1.54, 1.807) is 25.3 Å². The molecule has 2 aromatic carbocycles. The topological polar surface area (TPSA) is 50.4 Å². The molecule has 0 fully saturated rings.